The highest BCUT2D eigenvalue weighted by atomic mass is 35.5. The van der Waals surface area contributed by atoms with Crippen molar-refractivity contribution in [2.45, 2.75) is 32.6 Å². The minimum Gasteiger partial charge on any atom is -0.496 e. The van der Waals surface area contributed by atoms with Gasteiger partial charge in [0.15, 0.2) is 5.78 Å². The number of hydrogen-bond acceptors (Lipinski definition) is 2. The summed E-state index contributed by atoms with van der Waals surface area (Å²) in [6.45, 7) is 6.35. The Hall–Kier alpha value is -1.02. The zero-order chi connectivity index (χ0) is 13.1. The zero-order valence-corrected chi connectivity index (χ0v) is 11.6. The molecule has 0 unspecified atom stereocenters. The number of rotatable bonds is 4. The summed E-state index contributed by atoms with van der Waals surface area (Å²) in [5.41, 5.74) is 1.76. The van der Waals surface area contributed by atoms with Crippen LogP contribution in [0.2, 0.25) is 0 Å². The van der Waals surface area contributed by atoms with E-state index in [-0.39, 0.29) is 11.2 Å². The smallest absolute Gasteiger partial charge is 0.167 e. The van der Waals surface area contributed by atoms with E-state index in [9.17, 15) is 4.79 Å². The summed E-state index contributed by atoms with van der Waals surface area (Å²) in [7, 11) is 1.57. The summed E-state index contributed by atoms with van der Waals surface area (Å²) in [6, 6.07) is 5.76. The lowest BCUT2D eigenvalue weighted by Gasteiger charge is -2.20. The van der Waals surface area contributed by atoms with Crippen LogP contribution in [-0.4, -0.2) is 18.8 Å². The molecule has 0 aromatic heterocycles. The van der Waals surface area contributed by atoms with Gasteiger partial charge >= 0.3 is 0 Å². The summed E-state index contributed by atoms with van der Waals surface area (Å²) < 4.78 is 5.22. The molecule has 0 saturated heterocycles. The van der Waals surface area contributed by atoms with E-state index in [2.05, 4.69) is 20.8 Å². The van der Waals surface area contributed by atoms with Gasteiger partial charge in [-0.05, 0) is 23.1 Å². The zero-order valence-electron chi connectivity index (χ0n) is 10.8. The van der Waals surface area contributed by atoms with Gasteiger partial charge in [0.05, 0.1) is 12.7 Å². The highest BCUT2D eigenvalue weighted by Crippen LogP contribution is 2.28. The molecule has 0 fully saturated rings. The van der Waals surface area contributed by atoms with E-state index in [4.69, 9.17) is 16.3 Å². The molecule has 1 aromatic rings. The number of benzene rings is 1. The number of ether oxygens (including phenoxy) is 1. The second kappa shape index (κ2) is 5.54. The van der Waals surface area contributed by atoms with Gasteiger partial charge in [-0.3, -0.25) is 4.79 Å². The standard InChI is InChI=1S/C14H19ClO2/c1-14(2,3)10-5-6-13(17-4)11(9-10)12(16)7-8-15/h5-6,9H,7-8H2,1-4H3. The van der Waals surface area contributed by atoms with Crippen molar-refractivity contribution in [3.63, 3.8) is 0 Å². The fraction of sp³-hybridized carbons (Fsp3) is 0.500. The second-order valence-electron chi connectivity index (χ2n) is 5.03. The Labute approximate surface area is 108 Å². The van der Waals surface area contributed by atoms with Crippen LogP contribution >= 0.6 is 11.6 Å². The van der Waals surface area contributed by atoms with Gasteiger partial charge < -0.3 is 4.74 Å². The number of Topliss-reactive ketones (excluding diaryl/α,β-unsaturated/α-hetero) is 1. The van der Waals surface area contributed by atoms with E-state index < -0.39 is 0 Å². The average molecular weight is 255 g/mol. The van der Waals surface area contributed by atoms with Crippen LogP contribution in [0.25, 0.3) is 0 Å². The van der Waals surface area contributed by atoms with E-state index in [1.54, 1.807) is 7.11 Å². The number of hydrogen-bond donors (Lipinski definition) is 0. The topological polar surface area (TPSA) is 26.3 Å². The highest BCUT2D eigenvalue weighted by molar-refractivity contribution is 6.19. The van der Waals surface area contributed by atoms with Crippen molar-refractivity contribution in [3.8, 4) is 5.75 Å². The minimum atomic E-state index is 0.0161. The molecular formula is C14H19ClO2. The Morgan fingerprint density at radius 3 is 2.47 bits per heavy atom. The van der Waals surface area contributed by atoms with Crippen LogP contribution in [0.3, 0.4) is 0 Å². The largest absolute Gasteiger partial charge is 0.496 e. The maximum absolute atomic E-state index is 11.9. The van der Waals surface area contributed by atoms with Crippen molar-refractivity contribution in [3.05, 3.63) is 29.3 Å². The molecule has 0 aliphatic carbocycles. The van der Waals surface area contributed by atoms with Gasteiger partial charge in [-0.15, -0.1) is 11.6 Å². The van der Waals surface area contributed by atoms with E-state index in [1.807, 2.05) is 18.2 Å². The van der Waals surface area contributed by atoms with Gasteiger partial charge in [-0.2, -0.15) is 0 Å². The molecule has 0 amide bonds. The van der Waals surface area contributed by atoms with E-state index >= 15 is 0 Å². The van der Waals surface area contributed by atoms with Crippen LogP contribution in [0.5, 0.6) is 5.75 Å². The SMILES string of the molecule is COc1ccc(C(C)(C)C)cc1C(=O)CCCl. The Morgan fingerprint density at radius 2 is 2.00 bits per heavy atom. The van der Waals surface area contributed by atoms with Gasteiger partial charge in [0, 0.05) is 12.3 Å². The minimum absolute atomic E-state index is 0.0161. The van der Waals surface area contributed by atoms with Crippen LogP contribution < -0.4 is 4.74 Å². The molecule has 0 saturated carbocycles. The maximum Gasteiger partial charge on any atom is 0.167 e. The Kier molecular flexibility index (Phi) is 4.58. The molecule has 17 heavy (non-hydrogen) atoms. The third-order valence-corrected chi connectivity index (χ3v) is 2.88. The molecule has 2 nitrogen and oxygen atoms in total. The van der Waals surface area contributed by atoms with Crippen molar-refractivity contribution in [1.82, 2.24) is 0 Å². The Bertz CT molecular complexity index is 405. The van der Waals surface area contributed by atoms with E-state index in [0.717, 1.165) is 5.56 Å². The number of carbonyl (C=O) groups is 1. The van der Waals surface area contributed by atoms with Crippen LogP contribution in [0.4, 0.5) is 0 Å². The van der Waals surface area contributed by atoms with Gasteiger partial charge in [-0.1, -0.05) is 26.8 Å². The molecule has 1 aromatic carbocycles. The van der Waals surface area contributed by atoms with E-state index in [0.29, 0.717) is 23.6 Å². The summed E-state index contributed by atoms with van der Waals surface area (Å²) in [5.74, 6) is 0.984. The molecule has 0 aliphatic rings. The Morgan fingerprint density at radius 1 is 1.35 bits per heavy atom. The third-order valence-electron chi connectivity index (χ3n) is 2.69. The molecule has 0 bridgehead atoms. The normalized spacial score (nSPS) is 11.4. The molecule has 0 aliphatic heterocycles. The molecular weight excluding hydrogens is 236 g/mol. The van der Waals surface area contributed by atoms with E-state index in [1.165, 1.54) is 0 Å². The molecule has 94 valence electrons. The monoisotopic (exact) mass is 254 g/mol. The average Bonchev–Trinajstić information content (AvgIpc) is 2.27. The van der Waals surface area contributed by atoms with Gasteiger partial charge in [-0.25, -0.2) is 0 Å². The summed E-state index contributed by atoms with van der Waals surface area (Å²) in [5, 5.41) is 0. The summed E-state index contributed by atoms with van der Waals surface area (Å²) >= 11 is 5.61. The Balaban J connectivity index is 3.20. The number of ketones is 1. The lowest BCUT2D eigenvalue weighted by Crippen LogP contribution is -2.13. The molecule has 3 heteroatoms. The lowest BCUT2D eigenvalue weighted by atomic mass is 9.85. The number of halogens is 1. The van der Waals surface area contributed by atoms with Crippen LogP contribution in [0, 0.1) is 0 Å². The fourth-order valence-corrected chi connectivity index (χ4v) is 1.78. The summed E-state index contributed by atoms with van der Waals surface area (Å²) in [4.78, 5) is 11.9. The van der Waals surface area contributed by atoms with Gasteiger partial charge in [0.2, 0.25) is 0 Å². The second-order valence-corrected chi connectivity index (χ2v) is 5.41. The van der Waals surface area contributed by atoms with Crippen molar-refractivity contribution in [2.75, 3.05) is 13.0 Å². The number of carbonyl (C=O) groups excluding carboxylic acids is 1. The quantitative estimate of drug-likeness (QED) is 0.603. The van der Waals surface area contributed by atoms with Gasteiger partial charge in [0.1, 0.15) is 5.75 Å². The third kappa shape index (κ3) is 3.47. The van der Waals surface area contributed by atoms with Crippen molar-refractivity contribution < 1.29 is 9.53 Å². The summed E-state index contributed by atoms with van der Waals surface area (Å²) in [6.07, 6.45) is 0.339. The lowest BCUT2D eigenvalue weighted by molar-refractivity contribution is 0.0986. The first kappa shape index (κ1) is 14.0. The number of methoxy groups -OCH3 is 1. The van der Waals surface area contributed by atoms with Crippen LogP contribution in [0.1, 0.15) is 43.1 Å². The highest BCUT2D eigenvalue weighted by Gasteiger charge is 2.18. The van der Waals surface area contributed by atoms with Crippen molar-refractivity contribution >= 4 is 17.4 Å². The predicted octanol–water partition coefficient (Wildman–Crippen LogP) is 3.80. The van der Waals surface area contributed by atoms with Gasteiger partial charge in [0.25, 0.3) is 0 Å². The van der Waals surface area contributed by atoms with Crippen LogP contribution in [-0.2, 0) is 5.41 Å². The molecule has 0 heterocycles. The molecule has 0 radical (unpaired) electrons. The maximum atomic E-state index is 11.9. The molecule has 0 atom stereocenters. The molecule has 1 rings (SSSR count). The number of alkyl halides is 1. The fourth-order valence-electron chi connectivity index (χ4n) is 1.61. The first-order chi connectivity index (χ1) is 7.90. The van der Waals surface area contributed by atoms with Crippen molar-refractivity contribution in [1.29, 1.82) is 0 Å². The first-order valence-corrected chi connectivity index (χ1v) is 6.21. The first-order valence-electron chi connectivity index (χ1n) is 5.68. The van der Waals surface area contributed by atoms with Crippen LogP contribution in [0.15, 0.2) is 18.2 Å². The molecule has 0 spiro atoms. The van der Waals surface area contributed by atoms with Crippen molar-refractivity contribution in [2.24, 2.45) is 0 Å². The predicted molar refractivity (Wildman–Crippen MR) is 71.4 cm³/mol. The molecule has 0 N–H and O–H groups in total.